The van der Waals surface area contributed by atoms with Crippen LogP contribution in [0.3, 0.4) is 0 Å². The van der Waals surface area contributed by atoms with Crippen molar-refractivity contribution in [2.75, 3.05) is 0 Å². The van der Waals surface area contributed by atoms with E-state index in [4.69, 9.17) is 0 Å². The van der Waals surface area contributed by atoms with Crippen molar-refractivity contribution in [3.63, 3.8) is 0 Å². The maximum absolute atomic E-state index is 10.1. The summed E-state index contributed by atoms with van der Waals surface area (Å²) in [6, 6.07) is 2.64. The van der Waals surface area contributed by atoms with Crippen molar-refractivity contribution >= 4 is 0 Å². The Balaban J connectivity index is 1.97. The number of hydrogen-bond donors (Lipinski definition) is 1. The van der Waals surface area contributed by atoms with E-state index < -0.39 is 0 Å². The molecule has 3 nitrogen and oxygen atoms in total. The van der Waals surface area contributed by atoms with E-state index in [1.807, 2.05) is 0 Å². The molecule has 1 N–H and O–H groups in total. The molecule has 0 saturated heterocycles. The minimum Gasteiger partial charge on any atom is -0.392 e. The van der Waals surface area contributed by atoms with Gasteiger partial charge in [0.05, 0.1) is 17.8 Å². The number of nitrogens with zero attached hydrogens (tertiary/aromatic N) is 2. The molecule has 102 valence electrons. The van der Waals surface area contributed by atoms with Crippen molar-refractivity contribution in [3.05, 3.63) is 18.0 Å². The van der Waals surface area contributed by atoms with Crippen LogP contribution in [0.2, 0.25) is 0 Å². The normalized spacial score (nSPS) is 20.0. The summed E-state index contributed by atoms with van der Waals surface area (Å²) in [7, 11) is 0. The van der Waals surface area contributed by atoms with Gasteiger partial charge in [-0.25, -0.2) is 0 Å². The number of aliphatic hydroxyl groups excluding tert-OH is 1. The molecule has 1 unspecified atom stereocenters. The Morgan fingerprint density at radius 2 is 2.00 bits per heavy atom. The Kier molecular flexibility index (Phi) is 4.10. The predicted octanol–water partition coefficient (Wildman–Crippen LogP) is 3.34. The molecule has 3 heteroatoms. The van der Waals surface area contributed by atoms with Crippen LogP contribution in [0.1, 0.15) is 64.6 Å². The zero-order valence-electron chi connectivity index (χ0n) is 11.9. The lowest BCUT2D eigenvalue weighted by Crippen LogP contribution is -2.28. The van der Waals surface area contributed by atoms with E-state index in [1.54, 1.807) is 0 Å². The van der Waals surface area contributed by atoms with E-state index in [-0.39, 0.29) is 11.5 Å². The molecule has 1 saturated carbocycles. The summed E-state index contributed by atoms with van der Waals surface area (Å²) >= 11 is 0. The Bertz CT molecular complexity index is 372. The van der Waals surface area contributed by atoms with Gasteiger partial charge in [-0.1, -0.05) is 40.0 Å². The molecule has 1 aliphatic carbocycles. The summed E-state index contributed by atoms with van der Waals surface area (Å²) in [6.45, 7) is 6.20. The summed E-state index contributed by atoms with van der Waals surface area (Å²) in [5.74, 6) is 0. The lowest BCUT2D eigenvalue weighted by Gasteiger charge is -2.25. The highest BCUT2D eigenvalue weighted by Crippen LogP contribution is 2.28. The molecule has 1 atom stereocenters. The summed E-state index contributed by atoms with van der Waals surface area (Å²) < 4.78 is 2.11. The van der Waals surface area contributed by atoms with E-state index >= 15 is 0 Å². The monoisotopic (exact) mass is 250 g/mol. The largest absolute Gasteiger partial charge is 0.392 e. The second-order valence-corrected chi connectivity index (χ2v) is 6.66. The first-order valence-corrected chi connectivity index (χ1v) is 7.19. The molecule has 0 radical (unpaired) electrons. The zero-order valence-corrected chi connectivity index (χ0v) is 11.9. The van der Waals surface area contributed by atoms with Crippen LogP contribution in [-0.4, -0.2) is 21.0 Å². The van der Waals surface area contributed by atoms with Crippen LogP contribution in [0, 0.1) is 5.41 Å². The predicted molar refractivity (Wildman–Crippen MR) is 73.5 cm³/mol. The van der Waals surface area contributed by atoms with Gasteiger partial charge in [0.25, 0.3) is 0 Å². The van der Waals surface area contributed by atoms with Gasteiger partial charge >= 0.3 is 0 Å². The highest BCUT2D eigenvalue weighted by atomic mass is 16.3. The van der Waals surface area contributed by atoms with Gasteiger partial charge in [-0.05, 0) is 24.3 Å². The first-order valence-electron chi connectivity index (χ1n) is 7.19. The van der Waals surface area contributed by atoms with Crippen molar-refractivity contribution in [1.29, 1.82) is 0 Å². The van der Waals surface area contributed by atoms with Gasteiger partial charge < -0.3 is 5.11 Å². The lowest BCUT2D eigenvalue weighted by atomic mass is 9.86. The van der Waals surface area contributed by atoms with Crippen LogP contribution in [0.4, 0.5) is 0 Å². The smallest absolute Gasteiger partial charge is 0.0650 e. The van der Waals surface area contributed by atoms with Gasteiger partial charge in [-0.15, -0.1) is 0 Å². The molecule has 2 rings (SSSR count). The van der Waals surface area contributed by atoms with Gasteiger partial charge in [-0.2, -0.15) is 5.10 Å². The van der Waals surface area contributed by atoms with Gasteiger partial charge in [-0.3, -0.25) is 4.68 Å². The molecular weight excluding hydrogens is 224 g/mol. The van der Waals surface area contributed by atoms with E-state index in [0.717, 1.165) is 5.69 Å². The molecule has 0 amide bonds. The van der Waals surface area contributed by atoms with Crippen LogP contribution < -0.4 is 0 Å². The van der Waals surface area contributed by atoms with E-state index in [1.165, 1.54) is 32.1 Å². The van der Waals surface area contributed by atoms with Gasteiger partial charge in [0, 0.05) is 12.6 Å². The van der Waals surface area contributed by atoms with Crippen LogP contribution in [0.5, 0.6) is 0 Å². The van der Waals surface area contributed by atoms with Crippen molar-refractivity contribution in [1.82, 2.24) is 9.78 Å². The van der Waals surface area contributed by atoms with Crippen LogP contribution in [0.25, 0.3) is 0 Å². The average Bonchev–Trinajstić information content (AvgIpc) is 2.77. The van der Waals surface area contributed by atoms with E-state index in [2.05, 4.69) is 42.8 Å². The maximum atomic E-state index is 10.1. The Morgan fingerprint density at radius 1 is 1.33 bits per heavy atom. The number of rotatable bonds is 3. The molecule has 1 heterocycles. The highest BCUT2D eigenvalue weighted by Gasteiger charge is 2.23. The average molecular weight is 250 g/mol. The van der Waals surface area contributed by atoms with Crippen molar-refractivity contribution < 1.29 is 5.11 Å². The molecule has 0 bridgehead atoms. The summed E-state index contributed by atoms with van der Waals surface area (Å²) in [4.78, 5) is 0. The second kappa shape index (κ2) is 5.43. The molecule has 1 aromatic heterocycles. The Labute approximate surface area is 110 Å². The van der Waals surface area contributed by atoms with Crippen LogP contribution in [0.15, 0.2) is 12.3 Å². The van der Waals surface area contributed by atoms with E-state index in [9.17, 15) is 5.11 Å². The minimum atomic E-state index is -0.327. The fraction of sp³-hybridized carbons (Fsp3) is 0.800. The Hall–Kier alpha value is -0.830. The van der Waals surface area contributed by atoms with E-state index in [0.29, 0.717) is 12.5 Å². The number of aliphatic hydroxyl groups is 1. The summed E-state index contributed by atoms with van der Waals surface area (Å²) in [6.07, 6.45) is 8.94. The molecule has 0 aliphatic heterocycles. The molecule has 1 fully saturated rings. The van der Waals surface area contributed by atoms with Gasteiger partial charge in [0.15, 0.2) is 0 Å². The standard InChI is InChI=1S/C15H26N2O/c1-15(2,3)14(18)11-12-9-10-17(16-12)13-7-5-4-6-8-13/h9-10,13-14,18H,4-8,11H2,1-3H3. The number of hydrogen-bond acceptors (Lipinski definition) is 2. The maximum Gasteiger partial charge on any atom is 0.0650 e. The summed E-state index contributed by atoms with van der Waals surface area (Å²) in [5, 5.41) is 14.8. The third-order valence-corrected chi connectivity index (χ3v) is 4.01. The first kappa shape index (κ1) is 13.6. The quantitative estimate of drug-likeness (QED) is 0.893. The molecule has 0 aromatic carbocycles. The fourth-order valence-electron chi connectivity index (χ4n) is 2.54. The first-order chi connectivity index (χ1) is 8.47. The second-order valence-electron chi connectivity index (χ2n) is 6.66. The summed E-state index contributed by atoms with van der Waals surface area (Å²) in [5.41, 5.74) is 0.942. The fourth-order valence-corrected chi connectivity index (χ4v) is 2.54. The Morgan fingerprint density at radius 3 is 2.61 bits per heavy atom. The molecular formula is C15H26N2O. The van der Waals surface area contributed by atoms with Crippen molar-refractivity contribution in [2.24, 2.45) is 5.41 Å². The van der Waals surface area contributed by atoms with Crippen LogP contribution in [-0.2, 0) is 6.42 Å². The molecule has 18 heavy (non-hydrogen) atoms. The highest BCUT2D eigenvalue weighted by molar-refractivity contribution is 5.02. The SMILES string of the molecule is CC(C)(C)C(O)Cc1ccn(C2CCCCC2)n1. The molecule has 1 aliphatic rings. The third kappa shape index (κ3) is 3.35. The minimum absolute atomic E-state index is 0.0748. The van der Waals surface area contributed by atoms with Gasteiger partial charge in [0.2, 0.25) is 0 Å². The lowest BCUT2D eigenvalue weighted by molar-refractivity contribution is 0.0625. The van der Waals surface area contributed by atoms with Crippen molar-refractivity contribution in [3.8, 4) is 0 Å². The van der Waals surface area contributed by atoms with Gasteiger partial charge in [0.1, 0.15) is 0 Å². The van der Waals surface area contributed by atoms with Crippen LogP contribution >= 0.6 is 0 Å². The molecule has 1 aromatic rings. The number of aromatic nitrogens is 2. The van der Waals surface area contributed by atoms with Crippen molar-refractivity contribution in [2.45, 2.75) is 71.4 Å². The third-order valence-electron chi connectivity index (χ3n) is 4.01. The molecule has 0 spiro atoms. The zero-order chi connectivity index (χ0) is 13.2. The topological polar surface area (TPSA) is 38.0 Å².